The molecule has 2 bridgehead atoms. The fraction of sp³-hybridized carbons (Fsp3) is 0.633. The van der Waals surface area contributed by atoms with Gasteiger partial charge in [-0.15, -0.1) is 0 Å². The Hall–Kier alpha value is -3.94. The number of rotatable bonds is 11. The Morgan fingerprint density at radius 1 is 0.966 bits per heavy atom. The van der Waals surface area contributed by atoms with Gasteiger partial charge in [0.15, 0.2) is 29.9 Å². The third-order valence-electron chi connectivity index (χ3n) is 8.26. The first-order valence-electron chi connectivity index (χ1n) is 17.5. The molecule has 3 aliphatic rings. The minimum Gasteiger partial charge on any atom is -0.432 e. The molecule has 25 nitrogen and oxygen atoms in total. The first kappa shape index (κ1) is 43.6. The highest BCUT2D eigenvalue weighted by molar-refractivity contribution is 8.55. The molecule has 6 rings (SSSR count). The standard InChI is InChI=1S/C30H41N7O18P2S/c1-15(2)50-29(40)45-13-49-56(42)47-10-19-22(23(44-5)27(53-19)36-7-6-20(38)35-28(36)39)55-57(43,58-14-46-30(41)51-16(3)4)48-9-17-8-18(54-56)26(52-17)37-12-34-21-24(31)32-11-33-25(21)37/h6-7,11-12,15-19,22-23,26-27H,8-10,13-14H2,1-5H3,(H2,31,32,33)(H,35,38,39)/t17-,18+,19+,22+,23+,26+,27+,56?,57+/m0/s1. The third-order valence-corrected chi connectivity index (χ3v) is 13.0. The van der Waals surface area contributed by atoms with E-state index in [9.17, 15) is 28.3 Å². The lowest BCUT2D eigenvalue weighted by Crippen LogP contribution is -2.40. The smallest absolute Gasteiger partial charge is 0.432 e. The van der Waals surface area contributed by atoms with Crippen molar-refractivity contribution >= 4 is 55.3 Å². The highest BCUT2D eigenvalue weighted by Crippen LogP contribution is 2.64. The molecule has 3 N–H and O–H groups in total. The number of phosphoric acid groups is 1. The Kier molecular flexibility index (Phi) is 14.0. The minimum absolute atomic E-state index is 0.0570. The number of nitrogens with two attached hydrogens (primary N) is 1. The van der Waals surface area contributed by atoms with Crippen molar-refractivity contribution in [2.24, 2.45) is 0 Å². The van der Waals surface area contributed by atoms with Crippen molar-refractivity contribution in [3.8, 4) is 0 Å². The maximum Gasteiger partial charge on any atom is 0.510 e. The minimum atomic E-state index is -4.87. The summed E-state index contributed by atoms with van der Waals surface area (Å²) in [6.45, 7) is -0.291. The van der Waals surface area contributed by atoms with E-state index in [1.54, 1.807) is 27.7 Å². The van der Waals surface area contributed by atoms with E-state index in [0.717, 1.165) is 16.8 Å². The number of imidazole rings is 1. The molecule has 28 heteroatoms. The van der Waals surface area contributed by atoms with Crippen molar-refractivity contribution in [1.82, 2.24) is 29.1 Å². The lowest BCUT2D eigenvalue weighted by molar-refractivity contribution is -0.0766. The van der Waals surface area contributed by atoms with E-state index in [4.69, 9.17) is 61.5 Å². The molecule has 0 aliphatic carbocycles. The highest BCUT2D eigenvalue weighted by Gasteiger charge is 2.53. The summed E-state index contributed by atoms with van der Waals surface area (Å²) >= 11 is 0.468. The average molecular weight is 882 g/mol. The van der Waals surface area contributed by atoms with Crippen LogP contribution in [0, 0.1) is 0 Å². The van der Waals surface area contributed by atoms with Crippen LogP contribution in [-0.2, 0) is 64.9 Å². The number of nitrogen functional groups attached to an aromatic ring is 1. The molecule has 0 saturated carbocycles. The number of ether oxygens (including phenoxy) is 7. The molecule has 6 heterocycles. The van der Waals surface area contributed by atoms with Crippen LogP contribution in [0.25, 0.3) is 11.2 Å². The summed E-state index contributed by atoms with van der Waals surface area (Å²) in [6.07, 6.45) is -8.65. The quantitative estimate of drug-likeness (QED) is 0.159. The molecule has 3 aromatic rings. The maximum atomic E-state index is 14.7. The largest absolute Gasteiger partial charge is 0.510 e. The van der Waals surface area contributed by atoms with Gasteiger partial charge in [-0.2, -0.15) is 0 Å². The van der Waals surface area contributed by atoms with Crippen molar-refractivity contribution in [3.63, 3.8) is 0 Å². The van der Waals surface area contributed by atoms with Gasteiger partial charge in [-0.3, -0.25) is 37.0 Å². The van der Waals surface area contributed by atoms with Crippen LogP contribution in [0.5, 0.6) is 0 Å². The summed E-state index contributed by atoms with van der Waals surface area (Å²) < 4.78 is 99.1. The lowest BCUT2D eigenvalue weighted by Gasteiger charge is -2.29. The third kappa shape index (κ3) is 10.4. The number of phosphoric ester groups is 1. The number of carbonyl (C=O) groups is 2. The number of methoxy groups -OCH3 is 1. The van der Waals surface area contributed by atoms with Crippen LogP contribution in [0.1, 0.15) is 46.6 Å². The van der Waals surface area contributed by atoms with Gasteiger partial charge >= 0.3 is 32.6 Å². The zero-order valence-electron chi connectivity index (χ0n) is 31.5. The summed E-state index contributed by atoms with van der Waals surface area (Å²) in [7, 11) is -3.62. The van der Waals surface area contributed by atoms with Crippen LogP contribution in [0.4, 0.5) is 15.4 Å². The topological polar surface area (TPSA) is 304 Å². The van der Waals surface area contributed by atoms with Gasteiger partial charge < -0.3 is 38.9 Å². The van der Waals surface area contributed by atoms with Gasteiger partial charge in [0.05, 0.1) is 37.9 Å². The second kappa shape index (κ2) is 18.5. The summed E-state index contributed by atoms with van der Waals surface area (Å²) in [4.78, 5) is 63.7. The molecule has 0 radical (unpaired) electrons. The molecule has 3 saturated heterocycles. The van der Waals surface area contributed by atoms with E-state index < -0.39 is 119 Å². The van der Waals surface area contributed by atoms with Gasteiger partial charge in [-0.05, 0) is 27.7 Å². The first-order chi connectivity index (χ1) is 27.6. The molecule has 3 aromatic heterocycles. The van der Waals surface area contributed by atoms with Crippen molar-refractivity contribution in [1.29, 1.82) is 0 Å². The van der Waals surface area contributed by atoms with E-state index in [1.165, 1.54) is 24.3 Å². The summed E-state index contributed by atoms with van der Waals surface area (Å²) in [6, 6.07) is 1.05. The summed E-state index contributed by atoms with van der Waals surface area (Å²) in [5.74, 6) is -0.524. The van der Waals surface area contributed by atoms with E-state index in [-0.39, 0.29) is 23.4 Å². The van der Waals surface area contributed by atoms with Crippen molar-refractivity contribution in [2.75, 3.05) is 38.8 Å². The zero-order valence-corrected chi connectivity index (χ0v) is 34.1. The number of nitrogens with zero attached hydrogens (tertiary/aromatic N) is 5. The van der Waals surface area contributed by atoms with Gasteiger partial charge in [0.25, 0.3) is 5.56 Å². The molecule has 1 unspecified atom stereocenters. The molecule has 0 amide bonds. The maximum absolute atomic E-state index is 14.7. The van der Waals surface area contributed by atoms with Gasteiger partial charge in [-0.25, -0.2) is 43.0 Å². The van der Waals surface area contributed by atoms with Crippen LogP contribution in [0.2, 0.25) is 0 Å². The molecular weight excluding hydrogens is 840 g/mol. The van der Waals surface area contributed by atoms with Gasteiger partial charge in [0.2, 0.25) is 6.79 Å². The lowest BCUT2D eigenvalue weighted by atomic mass is 10.1. The number of aromatic amines is 1. The highest BCUT2D eigenvalue weighted by atomic mass is 32.7. The first-order valence-corrected chi connectivity index (χ1v) is 22.1. The van der Waals surface area contributed by atoms with Gasteiger partial charge in [-0.1, -0.05) is 0 Å². The monoisotopic (exact) mass is 881 g/mol. The van der Waals surface area contributed by atoms with Crippen LogP contribution in [-0.4, -0.2) is 117 Å². The number of hydrogen-bond acceptors (Lipinski definition) is 23. The SMILES string of the molecule is CO[C@@H]1[C@@H]2O[P@](=O)(SCOC(=O)OC(C)C)OC[C@@H]3C[C@@H](OP(=O)(OCOC(=O)OC(C)C)OC[C@H]2O[C@H]1n1ccc(=O)[nH]c1=O)[C@H](n1cnc2c(N)ncnc21)O3. The number of nitrogens with one attached hydrogen (secondary N) is 1. The Bertz CT molecular complexity index is 2150. The van der Waals surface area contributed by atoms with Crippen LogP contribution in [0.3, 0.4) is 0 Å². The van der Waals surface area contributed by atoms with Crippen molar-refractivity contribution in [2.45, 2.75) is 89.3 Å². The number of aromatic nitrogens is 6. The molecule has 58 heavy (non-hydrogen) atoms. The fourth-order valence-electron chi connectivity index (χ4n) is 5.87. The summed E-state index contributed by atoms with van der Waals surface area (Å²) in [5, 5.41) is 0. The number of anilines is 1. The van der Waals surface area contributed by atoms with Gasteiger partial charge in [0.1, 0.15) is 36.3 Å². The van der Waals surface area contributed by atoms with E-state index in [0.29, 0.717) is 11.4 Å². The second-order valence-electron chi connectivity index (χ2n) is 13.1. The van der Waals surface area contributed by atoms with Crippen LogP contribution < -0.4 is 17.0 Å². The van der Waals surface area contributed by atoms with Crippen molar-refractivity contribution in [3.05, 3.63) is 45.8 Å². The van der Waals surface area contributed by atoms with Crippen molar-refractivity contribution < 1.29 is 74.5 Å². The fourth-order valence-corrected chi connectivity index (χ4v) is 9.91. The van der Waals surface area contributed by atoms with Crippen LogP contribution >= 0.6 is 26.0 Å². The van der Waals surface area contributed by atoms with E-state index in [1.807, 2.05) is 0 Å². The zero-order chi connectivity index (χ0) is 41.8. The van der Waals surface area contributed by atoms with Gasteiger partial charge in [0, 0.05) is 37.2 Å². The molecule has 3 aliphatic heterocycles. The molecule has 9 atom stereocenters. The van der Waals surface area contributed by atoms with E-state index >= 15 is 0 Å². The normalized spacial score (nSPS) is 30.3. The predicted molar refractivity (Wildman–Crippen MR) is 195 cm³/mol. The Balaban J connectivity index is 1.36. The summed E-state index contributed by atoms with van der Waals surface area (Å²) in [5.41, 5.74) is 4.82. The number of hydrogen-bond donors (Lipinski definition) is 2. The Morgan fingerprint density at radius 2 is 1.71 bits per heavy atom. The second-order valence-corrected chi connectivity index (χ2v) is 18.7. The number of carbonyl (C=O) groups excluding carboxylic acids is 2. The number of H-pyrrole nitrogens is 1. The Morgan fingerprint density at radius 3 is 2.41 bits per heavy atom. The molecule has 3 fully saturated rings. The Labute approximate surface area is 332 Å². The molecule has 320 valence electrons. The van der Waals surface area contributed by atoms with Crippen LogP contribution in [0.15, 0.2) is 34.5 Å². The predicted octanol–water partition coefficient (Wildman–Crippen LogP) is 2.98. The molecular formula is C30H41N7O18P2S. The number of fused-ring (bicyclic) bond motifs is 4. The molecule has 0 aromatic carbocycles. The average Bonchev–Trinajstić information content (AvgIpc) is 3.84. The molecule has 0 spiro atoms. The van der Waals surface area contributed by atoms with E-state index in [2.05, 4.69) is 19.9 Å².